The van der Waals surface area contributed by atoms with Crippen LogP contribution in [0.5, 0.6) is 5.75 Å². The van der Waals surface area contributed by atoms with Crippen LogP contribution in [0.1, 0.15) is 23.6 Å². The molecule has 0 saturated carbocycles. The molecule has 0 radical (unpaired) electrons. The highest BCUT2D eigenvalue weighted by molar-refractivity contribution is 5.98. The lowest BCUT2D eigenvalue weighted by Crippen LogP contribution is -2.35. The predicted molar refractivity (Wildman–Crippen MR) is 63.3 cm³/mol. The Bertz CT molecular complexity index is 547. The molecule has 2 unspecified atom stereocenters. The normalized spacial score (nSPS) is 25.2. The zero-order chi connectivity index (χ0) is 12.9. The van der Waals surface area contributed by atoms with E-state index in [1.165, 1.54) is 5.56 Å². The van der Waals surface area contributed by atoms with Crippen LogP contribution in [-0.2, 0) is 27.2 Å². The van der Waals surface area contributed by atoms with E-state index in [2.05, 4.69) is 23.8 Å². The lowest BCUT2D eigenvalue weighted by Gasteiger charge is -2.26. The standard InChI is InChI=1S/C14H14O4/c1-3-8-4-7(2)11-9(5-8)6-10-12(17-11)14(16)18-13(10)15/h4-5,10,12H,3,6H2,1-2H3. The fraction of sp³-hybridized carbons (Fsp3) is 0.429. The van der Waals surface area contributed by atoms with Crippen LogP contribution in [0.15, 0.2) is 12.1 Å². The molecule has 94 valence electrons. The molecule has 0 aliphatic carbocycles. The Labute approximate surface area is 105 Å². The van der Waals surface area contributed by atoms with Crippen molar-refractivity contribution in [3.8, 4) is 5.75 Å². The van der Waals surface area contributed by atoms with E-state index in [1.54, 1.807) is 0 Å². The Morgan fingerprint density at radius 3 is 2.78 bits per heavy atom. The number of esters is 2. The van der Waals surface area contributed by atoms with Crippen LogP contribution in [0.3, 0.4) is 0 Å². The van der Waals surface area contributed by atoms with Gasteiger partial charge >= 0.3 is 11.9 Å². The highest BCUT2D eigenvalue weighted by atomic mass is 16.6. The van der Waals surface area contributed by atoms with E-state index < -0.39 is 24.0 Å². The summed E-state index contributed by atoms with van der Waals surface area (Å²) >= 11 is 0. The van der Waals surface area contributed by atoms with Gasteiger partial charge in [-0.05, 0) is 36.5 Å². The second kappa shape index (κ2) is 3.83. The second-order valence-electron chi connectivity index (χ2n) is 4.84. The molecule has 1 fully saturated rings. The maximum atomic E-state index is 11.5. The molecule has 0 amide bonds. The fourth-order valence-corrected chi connectivity index (χ4v) is 2.66. The van der Waals surface area contributed by atoms with E-state index in [-0.39, 0.29) is 0 Å². The summed E-state index contributed by atoms with van der Waals surface area (Å²) in [5.74, 6) is -0.763. The minimum atomic E-state index is -0.754. The van der Waals surface area contributed by atoms with Crippen molar-refractivity contribution < 1.29 is 19.1 Å². The van der Waals surface area contributed by atoms with Gasteiger partial charge in [0.1, 0.15) is 11.7 Å². The van der Waals surface area contributed by atoms with Gasteiger partial charge in [0.05, 0.1) is 0 Å². The Morgan fingerprint density at radius 1 is 1.28 bits per heavy atom. The third kappa shape index (κ3) is 1.52. The summed E-state index contributed by atoms with van der Waals surface area (Å²) < 4.78 is 10.3. The Balaban J connectivity index is 2.05. The van der Waals surface area contributed by atoms with Gasteiger partial charge in [0, 0.05) is 0 Å². The summed E-state index contributed by atoms with van der Waals surface area (Å²) in [5.41, 5.74) is 3.22. The molecule has 2 aliphatic heterocycles. The van der Waals surface area contributed by atoms with Crippen LogP contribution in [-0.4, -0.2) is 18.0 Å². The summed E-state index contributed by atoms with van der Waals surface area (Å²) in [6.45, 7) is 4.04. The van der Waals surface area contributed by atoms with Crippen molar-refractivity contribution in [1.82, 2.24) is 0 Å². The number of fused-ring (bicyclic) bond motifs is 2. The number of benzene rings is 1. The maximum absolute atomic E-state index is 11.5. The number of cyclic esters (lactones) is 2. The molecule has 2 aliphatic rings. The number of rotatable bonds is 1. The number of hydrogen-bond acceptors (Lipinski definition) is 4. The summed E-state index contributed by atoms with van der Waals surface area (Å²) in [6.07, 6.45) is 0.710. The quantitative estimate of drug-likeness (QED) is 0.557. The van der Waals surface area contributed by atoms with Gasteiger partial charge in [-0.1, -0.05) is 19.1 Å². The first-order chi connectivity index (χ1) is 8.60. The first kappa shape index (κ1) is 11.3. The number of hydrogen-bond donors (Lipinski definition) is 0. The smallest absolute Gasteiger partial charge is 0.355 e. The first-order valence-electron chi connectivity index (χ1n) is 6.14. The average Bonchev–Trinajstić information content (AvgIpc) is 2.63. The summed E-state index contributed by atoms with van der Waals surface area (Å²) in [6, 6.07) is 4.11. The molecule has 0 spiro atoms. The molecule has 0 bridgehead atoms. The zero-order valence-corrected chi connectivity index (χ0v) is 10.4. The Kier molecular flexibility index (Phi) is 2.40. The molecule has 1 aromatic carbocycles. The van der Waals surface area contributed by atoms with Crippen molar-refractivity contribution in [2.45, 2.75) is 32.8 Å². The summed E-state index contributed by atoms with van der Waals surface area (Å²) in [7, 11) is 0. The van der Waals surface area contributed by atoms with Gasteiger partial charge in [-0.2, -0.15) is 0 Å². The van der Waals surface area contributed by atoms with Gasteiger partial charge in [0.25, 0.3) is 0 Å². The van der Waals surface area contributed by atoms with E-state index in [1.807, 2.05) is 6.92 Å². The highest BCUT2D eigenvalue weighted by Gasteiger charge is 2.49. The first-order valence-corrected chi connectivity index (χ1v) is 6.14. The van der Waals surface area contributed by atoms with Crippen LogP contribution in [0, 0.1) is 12.8 Å². The molecule has 3 rings (SSSR count). The Morgan fingerprint density at radius 2 is 2.06 bits per heavy atom. The molecule has 18 heavy (non-hydrogen) atoms. The largest absolute Gasteiger partial charge is 0.477 e. The number of ether oxygens (including phenoxy) is 2. The van der Waals surface area contributed by atoms with Crippen molar-refractivity contribution in [3.05, 3.63) is 28.8 Å². The Hall–Kier alpha value is -1.84. The van der Waals surface area contributed by atoms with Crippen LogP contribution in [0.4, 0.5) is 0 Å². The molecular formula is C14H14O4. The van der Waals surface area contributed by atoms with Crippen LogP contribution in [0.2, 0.25) is 0 Å². The van der Waals surface area contributed by atoms with E-state index >= 15 is 0 Å². The van der Waals surface area contributed by atoms with Crippen LogP contribution < -0.4 is 4.74 Å². The van der Waals surface area contributed by atoms with E-state index in [9.17, 15) is 9.59 Å². The molecule has 4 heteroatoms. The number of carbonyl (C=O) groups is 2. The molecule has 0 aromatic heterocycles. The molecule has 1 aromatic rings. The third-order valence-electron chi connectivity index (χ3n) is 3.61. The molecule has 2 heterocycles. The van der Waals surface area contributed by atoms with Crippen LogP contribution >= 0.6 is 0 Å². The van der Waals surface area contributed by atoms with Crippen molar-refractivity contribution >= 4 is 11.9 Å². The van der Waals surface area contributed by atoms with Gasteiger partial charge in [0.2, 0.25) is 6.10 Å². The van der Waals surface area contributed by atoms with Gasteiger partial charge in [0.15, 0.2) is 0 Å². The van der Waals surface area contributed by atoms with Gasteiger partial charge in [-0.25, -0.2) is 4.79 Å². The van der Waals surface area contributed by atoms with E-state index in [0.29, 0.717) is 6.42 Å². The van der Waals surface area contributed by atoms with Gasteiger partial charge in [-0.15, -0.1) is 0 Å². The van der Waals surface area contributed by atoms with Gasteiger partial charge < -0.3 is 9.47 Å². The fourth-order valence-electron chi connectivity index (χ4n) is 2.66. The van der Waals surface area contributed by atoms with E-state index in [0.717, 1.165) is 23.3 Å². The maximum Gasteiger partial charge on any atom is 0.355 e. The predicted octanol–water partition coefficient (Wildman–Crippen LogP) is 1.56. The van der Waals surface area contributed by atoms with Crippen LogP contribution in [0.25, 0.3) is 0 Å². The van der Waals surface area contributed by atoms with E-state index in [4.69, 9.17) is 4.74 Å². The lowest BCUT2D eigenvalue weighted by molar-refractivity contribution is -0.154. The highest BCUT2D eigenvalue weighted by Crippen LogP contribution is 2.38. The molecule has 0 N–H and O–H groups in total. The minimum absolute atomic E-state index is 0.463. The number of aryl methyl sites for hydroxylation is 2. The molecule has 2 atom stereocenters. The zero-order valence-electron chi connectivity index (χ0n) is 10.4. The summed E-state index contributed by atoms with van der Waals surface area (Å²) in [4.78, 5) is 23.0. The molecule has 4 nitrogen and oxygen atoms in total. The topological polar surface area (TPSA) is 52.6 Å². The number of carbonyl (C=O) groups excluding carboxylic acids is 2. The monoisotopic (exact) mass is 246 g/mol. The van der Waals surface area contributed by atoms with Gasteiger partial charge in [-0.3, -0.25) is 4.79 Å². The molecule has 1 saturated heterocycles. The average molecular weight is 246 g/mol. The van der Waals surface area contributed by atoms with Crippen molar-refractivity contribution in [2.24, 2.45) is 5.92 Å². The SMILES string of the molecule is CCc1cc(C)c2c(c1)CC1C(=O)OC(=O)C1O2. The van der Waals surface area contributed by atoms with Crippen molar-refractivity contribution in [3.63, 3.8) is 0 Å². The van der Waals surface area contributed by atoms with Crippen molar-refractivity contribution in [1.29, 1.82) is 0 Å². The summed E-state index contributed by atoms with van der Waals surface area (Å²) in [5, 5.41) is 0. The lowest BCUT2D eigenvalue weighted by atomic mass is 9.89. The minimum Gasteiger partial charge on any atom is -0.477 e. The third-order valence-corrected chi connectivity index (χ3v) is 3.61. The van der Waals surface area contributed by atoms with Crippen molar-refractivity contribution in [2.75, 3.05) is 0 Å². The second-order valence-corrected chi connectivity index (χ2v) is 4.84. The molecular weight excluding hydrogens is 232 g/mol.